The molecule has 1 unspecified atom stereocenters. The molecule has 2 amide bonds. The maximum Gasteiger partial charge on any atom is 0.325 e. The molecule has 4 atom stereocenters. The molecular weight excluding hydrogens is 303 g/mol. The first kappa shape index (κ1) is 17.3. The number of aliphatic hydroxyl groups excluding tert-OH is 2. The highest BCUT2D eigenvalue weighted by Gasteiger charge is 2.45. The standard InChI is InChI=1S/C15H25N2O4P/c1-9-10(8-17(2)15(20)16-9)14-13(19)12(18)11(21-14)6-7-22(3,4)5/h8,11-14,18-19H,1,3,6-7H2,2,4-5H3,(H,16,20)/t11-,12-,13?,14+/m1/s1. The van der Waals surface area contributed by atoms with Crippen LogP contribution in [0.25, 0.3) is 0 Å². The summed E-state index contributed by atoms with van der Waals surface area (Å²) in [5, 5.41) is 23.1. The van der Waals surface area contributed by atoms with Crippen molar-refractivity contribution in [1.29, 1.82) is 0 Å². The molecule has 0 spiro atoms. The minimum Gasteiger partial charge on any atom is -0.388 e. The second-order valence-electron chi connectivity index (χ2n) is 6.63. The fourth-order valence-electron chi connectivity index (χ4n) is 2.60. The predicted octanol–water partition coefficient (Wildman–Crippen LogP) is 0.627. The van der Waals surface area contributed by atoms with E-state index in [2.05, 4.69) is 31.5 Å². The van der Waals surface area contributed by atoms with Crippen molar-refractivity contribution < 1.29 is 19.7 Å². The highest BCUT2D eigenvalue weighted by atomic mass is 31.2. The van der Waals surface area contributed by atoms with Gasteiger partial charge in [-0.3, -0.25) is 0 Å². The van der Waals surface area contributed by atoms with Crippen LogP contribution in [0.15, 0.2) is 24.0 Å². The SMILES string of the molecule is C=C1NC(=O)N(C)C=C1[C@@H]1O[C@H](CCP(=C)(C)C)[C@@H](O)C1O. The maximum absolute atomic E-state index is 11.5. The van der Waals surface area contributed by atoms with Crippen molar-refractivity contribution in [3.8, 4) is 0 Å². The monoisotopic (exact) mass is 328 g/mol. The number of nitrogens with zero attached hydrogens (tertiary/aromatic N) is 1. The second-order valence-corrected chi connectivity index (χ2v) is 10.9. The number of carbonyl (C=O) groups is 1. The number of ether oxygens (including phenoxy) is 1. The Morgan fingerprint density at radius 3 is 2.64 bits per heavy atom. The van der Waals surface area contributed by atoms with E-state index in [-0.39, 0.29) is 6.03 Å². The molecule has 7 heteroatoms. The van der Waals surface area contributed by atoms with E-state index in [1.807, 2.05) is 0 Å². The van der Waals surface area contributed by atoms with Crippen LogP contribution in [0.3, 0.4) is 0 Å². The summed E-state index contributed by atoms with van der Waals surface area (Å²) in [5.74, 6) is 0. The van der Waals surface area contributed by atoms with Gasteiger partial charge in [0, 0.05) is 24.5 Å². The average molecular weight is 328 g/mol. The van der Waals surface area contributed by atoms with Crippen molar-refractivity contribution in [2.45, 2.75) is 30.8 Å². The van der Waals surface area contributed by atoms with Crippen LogP contribution in [-0.2, 0) is 4.74 Å². The number of rotatable bonds is 4. The third-order valence-corrected chi connectivity index (χ3v) is 5.42. The molecule has 0 aromatic carbocycles. The Hall–Kier alpha value is -1.07. The van der Waals surface area contributed by atoms with Gasteiger partial charge in [0.25, 0.3) is 0 Å². The molecule has 0 aliphatic carbocycles. The zero-order valence-corrected chi connectivity index (χ0v) is 14.2. The Balaban J connectivity index is 2.13. The number of hydrogen-bond acceptors (Lipinski definition) is 4. The molecule has 2 aliphatic heterocycles. The minimum absolute atomic E-state index is 0.290. The summed E-state index contributed by atoms with van der Waals surface area (Å²) in [6.45, 7) is 6.82. The molecular formula is C15H25N2O4P. The van der Waals surface area contributed by atoms with E-state index in [1.54, 1.807) is 13.2 Å². The van der Waals surface area contributed by atoms with Gasteiger partial charge in [0.15, 0.2) is 0 Å². The zero-order valence-electron chi connectivity index (χ0n) is 13.3. The molecule has 0 aromatic heterocycles. The molecule has 0 aromatic rings. The van der Waals surface area contributed by atoms with Crippen LogP contribution < -0.4 is 5.32 Å². The van der Waals surface area contributed by atoms with Gasteiger partial charge in [-0.1, -0.05) is 6.58 Å². The fourth-order valence-corrected chi connectivity index (χ4v) is 3.55. The summed E-state index contributed by atoms with van der Waals surface area (Å²) in [7, 11) is 1.60. The first-order valence-corrected chi connectivity index (χ1v) is 10.3. The van der Waals surface area contributed by atoms with Crippen molar-refractivity contribution in [3.63, 3.8) is 0 Å². The van der Waals surface area contributed by atoms with Crippen molar-refractivity contribution in [1.82, 2.24) is 10.2 Å². The molecule has 0 saturated carbocycles. The molecule has 2 rings (SSSR count). The van der Waals surface area contributed by atoms with E-state index >= 15 is 0 Å². The molecule has 3 N–H and O–H groups in total. The van der Waals surface area contributed by atoms with Crippen LogP contribution in [0.5, 0.6) is 0 Å². The Kier molecular flexibility index (Phi) is 4.87. The molecule has 6 nitrogen and oxygen atoms in total. The van der Waals surface area contributed by atoms with Gasteiger partial charge in [-0.25, -0.2) is 4.79 Å². The molecule has 124 valence electrons. The van der Waals surface area contributed by atoms with Crippen molar-refractivity contribution >= 4 is 19.2 Å². The molecule has 1 saturated heterocycles. The van der Waals surface area contributed by atoms with Crippen LogP contribution in [0.2, 0.25) is 0 Å². The van der Waals surface area contributed by atoms with Gasteiger partial charge in [0.2, 0.25) is 0 Å². The first-order valence-electron chi connectivity index (χ1n) is 7.24. The zero-order chi connectivity index (χ0) is 16.7. The lowest BCUT2D eigenvalue weighted by atomic mass is 9.99. The van der Waals surface area contributed by atoms with Crippen LogP contribution in [0, 0.1) is 0 Å². The van der Waals surface area contributed by atoms with Crippen LogP contribution in [0.4, 0.5) is 4.79 Å². The van der Waals surface area contributed by atoms with E-state index in [1.165, 1.54) is 4.90 Å². The van der Waals surface area contributed by atoms with Crippen molar-refractivity contribution in [2.24, 2.45) is 0 Å². The quantitative estimate of drug-likeness (QED) is 0.661. The number of amides is 2. The highest BCUT2D eigenvalue weighted by Crippen LogP contribution is 2.39. The number of urea groups is 1. The normalized spacial score (nSPS) is 33.0. The summed E-state index contributed by atoms with van der Waals surface area (Å²) < 4.78 is 5.86. The lowest BCUT2D eigenvalue weighted by Crippen LogP contribution is -2.42. The van der Waals surface area contributed by atoms with Gasteiger partial charge in [-0.05, 0) is 25.9 Å². The number of carbonyl (C=O) groups excluding carboxylic acids is 1. The van der Waals surface area contributed by atoms with Gasteiger partial charge in [0.05, 0.1) is 6.10 Å². The van der Waals surface area contributed by atoms with E-state index in [0.717, 1.165) is 6.16 Å². The number of hydrogen-bond donors (Lipinski definition) is 3. The van der Waals surface area contributed by atoms with E-state index in [9.17, 15) is 15.0 Å². The highest BCUT2D eigenvalue weighted by molar-refractivity contribution is 7.72. The van der Waals surface area contributed by atoms with Gasteiger partial charge in [-0.2, -0.15) is 0 Å². The molecule has 0 radical (unpaired) electrons. The fraction of sp³-hybridized carbons (Fsp3) is 0.600. The average Bonchev–Trinajstić information content (AvgIpc) is 2.68. The Labute approximate surface area is 131 Å². The smallest absolute Gasteiger partial charge is 0.325 e. The molecule has 22 heavy (non-hydrogen) atoms. The molecule has 0 bridgehead atoms. The number of aliphatic hydroxyl groups is 2. The lowest BCUT2D eigenvalue weighted by Gasteiger charge is -2.28. The third-order valence-electron chi connectivity index (χ3n) is 3.95. The Morgan fingerprint density at radius 1 is 1.41 bits per heavy atom. The molecule has 2 heterocycles. The van der Waals surface area contributed by atoms with E-state index in [4.69, 9.17) is 4.74 Å². The summed E-state index contributed by atoms with van der Waals surface area (Å²) in [4.78, 5) is 12.9. The largest absolute Gasteiger partial charge is 0.388 e. The molecule has 2 aliphatic rings. The van der Waals surface area contributed by atoms with Crippen LogP contribution in [-0.4, -0.2) is 78.4 Å². The van der Waals surface area contributed by atoms with Gasteiger partial charge in [0.1, 0.15) is 18.3 Å². The predicted molar refractivity (Wildman–Crippen MR) is 89.6 cm³/mol. The van der Waals surface area contributed by atoms with E-state index in [0.29, 0.717) is 17.7 Å². The van der Waals surface area contributed by atoms with Crippen molar-refractivity contribution in [3.05, 3.63) is 24.0 Å². The Morgan fingerprint density at radius 2 is 2.05 bits per heavy atom. The number of nitrogens with one attached hydrogen (secondary N) is 1. The van der Waals surface area contributed by atoms with Gasteiger partial charge >= 0.3 is 6.03 Å². The summed E-state index contributed by atoms with van der Waals surface area (Å²) in [6.07, 6.45) is 4.15. The van der Waals surface area contributed by atoms with Gasteiger partial charge in [-0.15, -0.1) is 13.2 Å². The molecule has 1 fully saturated rings. The van der Waals surface area contributed by atoms with E-state index < -0.39 is 31.3 Å². The van der Waals surface area contributed by atoms with Crippen LogP contribution >= 0.6 is 6.89 Å². The summed E-state index contributed by atoms with van der Waals surface area (Å²) in [5.41, 5.74) is 0.977. The summed E-state index contributed by atoms with van der Waals surface area (Å²) >= 11 is 0. The summed E-state index contributed by atoms with van der Waals surface area (Å²) in [6, 6.07) is -0.290. The maximum atomic E-state index is 11.5. The van der Waals surface area contributed by atoms with Gasteiger partial charge < -0.3 is 25.2 Å². The van der Waals surface area contributed by atoms with Crippen molar-refractivity contribution in [2.75, 3.05) is 26.5 Å². The first-order chi connectivity index (χ1) is 10.1. The lowest BCUT2D eigenvalue weighted by molar-refractivity contribution is 0.0187. The Bertz CT molecular complexity index is 554. The topological polar surface area (TPSA) is 82.0 Å². The second kappa shape index (κ2) is 6.20. The minimum atomic E-state index is -1.22. The van der Waals surface area contributed by atoms with Crippen LogP contribution in [0.1, 0.15) is 6.42 Å². The third kappa shape index (κ3) is 3.63.